The minimum Gasteiger partial charge on any atom is -0.464 e. The van der Waals surface area contributed by atoms with E-state index in [9.17, 15) is 19.6 Å². The third-order valence-electron chi connectivity index (χ3n) is 6.34. The molecule has 2 aromatic heterocycles. The third kappa shape index (κ3) is 5.42. The summed E-state index contributed by atoms with van der Waals surface area (Å²) >= 11 is 0. The van der Waals surface area contributed by atoms with Gasteiger partial charge >= 0.3 is 5.97 Å². The molecule has 0 aromatic carbocycles. The summed E-state index contributed by atoms with van der Waals surface area (Å²) in [5.41, 5.74) is 5.53. The summed E-state index contributed by atoms with van der Waals surface area (Å²) < 4.78 is 30.4. The molecule has 0 amide bonds. The highest BCUT2D eigenvalue weighted by molar-refractivity contribution is 7.36. The van der Waals surface area contributed by atoms with Gasteiger partial charge in [-0.15, -0.1) is 0 Å². The van der Waals surface area contributed by atoms with E-state index >= 15 is 0 Å². The van der Waals surface area contributed by atoms with E-state index < -0.39 is 44.1 Å². The molecule has 190 valence electrons. The largest absolute Gasteiger partial charge is 0.464 e. The highest BCUT2D eigenvalue weighted by Crippen LogP contribution is 2.41. The summed E-state index contributed by atoms with van der Waals surface area (Å²) in [5.74, 6) is 0.0251. The second kappa shape index (κ2) is 11.1. The van der Waals surface area contributed by atoms with E-state index in [0.717, 1.165) is 12.8 Å². The van der Waals surface area contributed by atoms with Gasteiger partial charge in [-0.05, 0) is 31.9 Å². The van der Waals surface area contributed by atoms with Crippen LogP contribution in [0.1, 0.15) is 46.2 Å². The maximum Gasteiger partial charge on any atom is 0.323 e. The number of carbonyl (C=O) groups is 1. The van der Waals surface area contributed by atoms with Gasteiger partial charge in [0.15, 0.2) is 5.82 Å². The number of nitrogen functional groups attached to an aromatic ring is 1. The minimum atomic E-state index is -2.86. The van der Waals surface area contributed by atoms with Crippen molar-refractivity contribution >= 4 is 25.5 Å². The van der Waals surface area contributed by atoms with Crippen molar-refractivity contribution in [3.05, 3.63) is 24.2 Å². The van der Waals surface area contributed by atoms with Crippen LogP contribution in [-0.2, 0) is 29.0 Å². The molecule has 3 rings (SSSR count). The molecule has 12 nitrogen and oxygen atoms in total. The zero-order valence-corrected chi connectivity index (χ0v) is 20.8. The number of anilines is 1. The van der Waals surface area contributed by atoms with E-state index in [2.05, 4.69) is 15.2 Å². The van der Waals surface area contributed by atoms with Gasteiger partial charge in [0, 0.05) is 0 Å². The third-order valence-corrected chi connectivity index (χ3v) is 7.44. The van der Waals surface area contributed by atoms with Crippen molar-refractivity contribution in [3.63, 3.8) is 0 Å². The van der Waals surface area contributed by atoms with Gasteiger partial charge in [-0.25, -0.2) is 14.6 Å². The fraction of sp³-hybridized carbons (Fsp3) is 0.667. The fourth-order valence-electron chi connectivity index (χ4n) is 3.94. The van der Waals surface area contributed by atoms with E-state index in [-0.39, 0.29) is 18.3 Å². The number of rotatable bonds is 11. The summed E-state index contributed by atoms with van der Waals surface area (Å²) in [5, 5.41) is 28.1. The van der Waals surface area contributed by atoms with Crippen LogP contribution in [0.4, 0.5) is 5.82 Å². The first kappa shape index (κ1) is 26.5. The number of aliphatic hydroxyl groups excluding tert-OH is 2. The molecule has 13 heteroatoms. The Morgan fingerprint density at radius 2 is 2.09 bits per heavy atom. The van der Waals surface area contributed by atoms with E-state index in [0.29, 0.717) is 17.8 Å². The number of fused-ring (bicyclic) bond motifs is 1. The fourth-order valence-corrected chi connectivity index (χ4v) is 4.81. The molecule has 5 N–H and O–H groups in total. The van der Waals surface area contributed by atoms with Gasteiger partial charge < -0.3 is 29.9 Å². The summed E-state index contributed by atoms with van der Waals surface area (Å²) in [7, 11) is -2.86. The Balaban J connectivity index is 1.58. The average Bonchev–Trinajstić information content (AvgIpc) is 3.35. The summed E-state index contributed by atoms with van der Waals surface area (Å²) in [4.78, 5) is 16.1. The lowest BCUT2D eigenvalue weighted by molar-refractivity contribution is -0.146. The van der Waals surface area contributed by atoms with E-state index in [1.165, 1.54) is 17.8 Å². The highest BCUT2D eigenvalue weighted by atomic mass is 31.1. The Morgan fingerprint density at radius 1 is 1.38 bits per heavy atom. The van der Waals surface area contributed by atoms with Crippen LogP contribution >= 0.6 is 8.18 Å². The second-order valence-corrected chi connectivity index (χ2v) is 9.79. The molecule has 2 aromatic rings. The molecular formula is C21H34N5O7P. The van der Waals surface area contributed by atoms with Crippen molar-refractivity contribution in [2.45, 2.75) is 70.5 Å². The zero-order valence-electron chi connectivity index (χ0n) is 19.8. The average molecular weight is 500 g/mol. The number of aliphatic hydroxyl groups is 2. The molecule has 1 fully saturated rings. The van der Waals surface area contributed by atoms with E-state index in [1.807, 2.05) is 13.8 Å². The lowest BCUT2D eigenvalue weighted by Gasteiger charge is -2.27. The summed E-state index contributed by atoms with van der Waals surface area (Å²) in [6, 6.07) is 2.54. The number of aromatic nitrogens is 3. The first-order valence-electron chi connectivity index (χ1n) is 11.3. The second-order valence-electron chi connectivity index (χ2n) is 8.64. The molecule has 0 radical (unpaired) electrons. The highest BCUT2D eigenvalue weighted by Gasteiger charge is 2.53. The molecule has 34 heavy (non-hydrogen) atoms. The molecule has 0 aliphatic carbocycles. The normalized spacial score (nSPS) is 26.7. The van der Waals surface area contributed by atoms with Crippen LogP contribution in [0.2, 0.25) is 0 Å². The predicted octanol–water partition coefficient (Wildman–Crippen LogP) is 1.01. The molecule has 0 saturated carbocycles. The number of esters is 1. The van der Waals surface area contributed by atoms with Crippen molar-refractivity contribution in [1.29, 1.82) is 0 Å². The number of nitrogens with zero attached hydrogens (tertiary/aromatic N) is 3. The van der Waals surface area contributed by atoms with Gasteiger partial charge in [0.2, 0.25) is 0 Å². The van der Waals surface area contributed by atoms with Crippen LogP contribution in [0.3, 0.4) is 0 Å². The zero-order chi connectivity index (χ0) is 25.0. The first-order chi connectivity index (χ1) is 16.1. The van der Waals surface area contributed by atoms with Crippen molar-refractivity contribution in [3.8, 4) is 0 Å². The lowest BCUT2D eigenvalue weighted by Crippen LogP contribution is -2.39. The van der Waals surface area contributed by atoms with Gasteiger partial charge in [0.05, 0.1) is 18.9 Å². The Bertz CT molecular complexity index is 1020. The van der Waals surface area contributed by atoms with Gasteiger partial charge in [-0.1, -0.05) is 26.7 Å². The number of ether oxygens (including phenoxy) is 2. The number of hydrogen-bond acceptors (Lipinski definition) is 10. The number of hydrogen-bond donors (Lipinski definition) is 4. The summed E-state index contributed by atoms with van der Waals surface area (Å²) in [6.07, 6.45) is -0.519. The van der Waals surface area contributed by atoms with Gasteiger partial charge in [-0.3, -0.25) is 9.36 Å². The molecule has 0 spiro atoms. The summed E-state index contributed by atoms with van der Waals surface area (Å²) in [6.45, 7) is 7.24. The smallest absolute Gasteiger partial charge is 0.323 e. The van der Waals surface area contributed by atoms with Crippen LogP contribution in [0.25, 0.3) is 5.52 Å². The number of nitrogens with two attached hydrogens (primary N) is 1. The maximum absolute atomic E-state index is 12.4. The Morgan fingerprint density at radius 3 is 2.76 bits per heavy atom. The Kier molecular flexibility index (Phi) is 8.66. The number of carbonyl (C=O) groups excluding carboxylic acids is 1. The van der Waals surface area contributed by atoms with E-state index in [4.69, 9.17) is 19.7 Å². The van der Waals surface area contributed by atoms with E-state index in [1.54, 1.807) is 19.1 Å². The quantitative estimate of drug-likeness (QED) is 0.257. The Labute approximate surface area is 198 Å². The van der Waals surface area contributed by atoms with Crippen LogP contribution in [0, 0.1) is 5.92 Å². The number of nitrogens with one attached hydrogen (secondary N) is 1. The van der Waals surface area contributed by atoms with Crippen LogP contribution in [0.5, 0.6) is 0 Å². The monoisotopic (exact) mass is 499 g/mol. The lowest BCUT2D eigenvalue weighted by atomic mass is 9.93. The molecule has 6 atom stereocenters. The molecule has 0 bridgehead atoms. The topological polar surface area (TPSA) is 171 Å². The standard InChI is InChI=1S/C21H34N5O7P/c1-5-13(6-2)9-31-20(29)12(3)25-34(30)32-10-15-17(27)18(28)21(4,33-15)16-8-7-14-19(22)23-11-24-26(14)16/h7-8,11-13,15,17-18,27-28,34H,5-6,9-10H2,1-4H3,(H,25,30)(H2,22,23,24)/t12-,15+,17+,18+,21-/m0/s1. The van der Waals surface area contributed by atoms with Crippen LogP contribution in [-0.4, -0.2) is 68.3 Å². The minimum absolute atomic E-state index is 0.259. The van der Waals surface area contributed by atoms with Gasteiger partial charge in [0.1, 0.15) is 41.8 Å². The SMILES string of the molecule is CCC(CC)COC(=O)[C@H](C)N[PH](=O)OC[C@H]1O[C@@](C)(c2ccc3c(N)ncnn23)[C@H](O)[C@@H]1O. The maximum atomic E-state index is 12.4. The van der Waals surface area contributed by atoms with Crippen molar-refractivity contribution in [1.82, 2.24) is 19.7 Å². The Hall–Kier alpha value is -2.08. The van der Waals surface area contributed by atoms with Gasteiger partial charge in [-0.2, -0.15) is 5.10 Å². The molecule has 1 unspecified atom stereocenters. The molecule has 1 aliphatic heterocycles. The predicted molar refractivity (Wildman–Crippen MR) is 124 cm³/mol. The van der Waals surface area contributed by atoms with Crippen molar-refractivity contribution in [2.24, 2.45) is 5.92 Å². The molecule has 1 aliphatic rings. The first-order valence-corrected chi connectivity index (χ1v) is 12.7. The molecule has 3 heterocycles. The molecular weight excluding hydrogens is 465 g/mol. The van der Waals surface area contributed by atoms with Crippen LogP contribution < -0.4 is 10.8 Å². The van der Waals surface area contributed by atoms with Crippen molar-refractivity contribution < 1.29 is 33.6 Å². The van der Waals surface area contributed by atoms with Crippen molar-refractivity contribution in [2.75, 3.05) is 18.9 Å². The molecule has 1 saturated heterocycles. The van der Waals surface area contributed by atoms with Gasteiger partial charge in [0.25, 0.3) is 8.18 Å². The van der Waals surface area contributed by atoms with Crippen LogP contribution in [0.15, 0.2) is 18.5 Å².